The van der Waals surface area contributed by atoms with Crippen LogP contribution in [0.4, 0.5) is 0 Å². The molecule has 22 heavy (non-hydrogen) atoms. The molecule has 2 N–H and O–H groups in total. The van der Waals surface area contributed by atoms with Gasteiger partial charge in [0.2, 0.25) is 0 Å². The molecule has 0 aliphatic heterocycles. The Morgan fingerprint density at radius 2 is 1.91 bits per heavy atom. The summed E-state index contributed by atoms with van der Waals surface area (Å²) in [7, 11) is 2.16. The molecular formula is C20H33NO. The summed E-state index contributed by atoms with van der Waals surface area (Å²) < 4.78 is 0. The second kappa shape index (κ2) is 5.08. The molecule has 0 saturated heterocycles. The number of hydrogen-bond donors (Lipinski definition) is 2. The van der Waals surface area contributed by atoms with Gasteiger partial charge in [-0.1, -0.05) is 25.5 Å². The van der Waals surface area contributed by atoms with Crippen LogP contribution in [-0.2, 0) is 0 Å². The Morgan fingerprint density at radius 1 is 1.09 bits per heavy atom. The van der Waals surface area contributed by atoms with Crippen LogP contribution < -0.4 is 5.32 Å². The van der Waals surface area contributed by atoms with Crippen molar-refractivity contribution in [3.05, 3.63) is 11.6 Å². The van der Waals surface area contributed by atoms with Gasteiger partial charge in [0, 0.05) is 6.04 Å². The Kier molecular flexibility index (Phi) is 3.51. The highest BCUT2D eigenvalue weighted by atomic mass is 16.3. The lowest BCUT2D eigenvalue weighted by Crippen LogP contribution is -2.52. The standard InChI is InChI=1S/C20H33NO/c1-19-10-8-14(22)12-13(19)4-5-15-16-6-7-18(21-3)20(16,2)11-9-17(15)19/h4,14-18,21-22H,5-12H2,1-3H3/t14?,15?,16?,17?,18-,19-,20-/m0/s1. The second-order valence-corrected chi connectivity index (χ2v) is 9.12. The highest BCUT2D eigenvalue weighted by Gasteiger charge is 2.58. The van der Waals surface area contributed by atoms with Gasteiger partial charge in [-0.25, -0.2) is 0 Å². The molecule has 0 amide bonds. The third kappa shape index (κ3) is 1.92. The van der Waals surface area contributed by atoms with Gasteiger partial charge in [-0.05, 0) is 87.0 Å². The molecule has 0 aromatic heterocycles. The van der Waals surface area contributed by atoms with E-state index in [0.29, 0.717) is 10.8 Å². The smallest absolute Gasteiger partial charge is 0.0577 e. The van der Waals surface area contributed by atoms with Crippen molar-refractivity contribution in [1.82, 2.24) is 5.32 Å². The monoisotopic (exact) mass is 303 g/mol. The highest BCUT2D eigenvalue weighted by Crippen LogP contribution is 2.64. The van der Waals surface area contributed by atoms with E-state index in [2.05, 4.69) is 32.3 Å². The Hall–Kier alpha value is -0.340. The number of allylic oxidation sites excluding steroid dienone is 1. The summed E-state index contributed by atoms with van der Waals surface area (Å²) in [4.78, 5) is 0. The molecule has 0 radical (unpaired) electrons. The molecule has 2 heteroatoms. The topological polar surface area (TPSA) is 32.3 Å². The first-order chi connectivity index (χ1) is 10.5. The van der Waals surface area contributed by atoms with Gasteiger partial charge in [0.1, 0.15) is 0 Å². The molecule has 0 aromatic rings. The zero-order valence-corrected chi connectivity index (χ0v) is 14.6. The molecule has 4 rings (SSSR count). The van der Waals surface area contributed by atoms with Gasteiger partial charge in [-0.3, -0.25) is 0 Å². The van der Waals surface area contributed by atoms with E-state index in [9.17, 15) is 5.11 Å². The van der Waals surface area contributed by atoms with Crippen molar-refractivity contribution in [2.45, 2.75) is 77.4 Å². The number of aliphatic hydroxyl groups is 1. The van der Waals surface area contributed by atoms with E-state index in [-0.39, 0.29) is 6.10 Å². The fourth-order valence-electron chi connectivity index (χ4n) is 7.12. The number of rotatable bonds is 1. The Balaban J connectivity index is 1.66. The predicted molar refractivity (Wildman–Crippen MR) is 90.6 cm³/mol. The van der Waals surface area contributed by atoms with Gasteiger partial charge >= 0.3 is 0 Å². The van der Waals surface area contributed by atoms with E-state index in [1.54, 1.807) is 5.57 Å². The number of aliphatic hydroxyl groups excluding tert-OH is 1. The average Bonchev–Trinajstić information content (AvgIpc) is 2.84. The third-order valence-corrected chi connectivity index (χ3v) is 8.43. The first-order valence-corrected chi connectivity index (χ1v) is 9.54. The lowest BCUT2D eigenvalue weighted by atomic mass is 9.48. The maximum atomic E-state index is 10.1. The van der Waals surface area contributed by atoms with E-state index < -0.39 is 0 Å². The van der Waals surface area contributed by atoms with Crippen LogP contribution in [0.25, 0.3) is 0 Å². The quantitative estimate of drug-likeness (QED) is 0.720. The molecule has 7 atom stereocenters. The van der Waals surface area contributed by atoms with Crippen molar-refractivity contribution < 1.29 is 5.11 Å². The van der Waals surface area contributed by atoms with E-state index in [1.807, 2.05) is 0 Å². The molecule has 0 aromatic carbocycles. The van der Waals surface area contributed by atoms with Crippen molar-refractivity contribution in [1.29, 1.82) is 0 Å². The molecule has 0 heterocycles. The van der Waals surface area contributed by atoms with Crippen LogP contribution in [0, 0.1) is 28.6 Å². The molecule has 3 saturated carbocycles. The maximum absolute atomic E-state index is 10.1. The molecule has 124 valence electrons. The van der Waals surface area contributed by atoms with Gasteiger partial charge in [0.15, 0.2) is 0 Å². The van der Waals surface area contributed by atoms with Crippen molar-refractivity contribution in [2.75, 3.05) is 7.05 Å². The van der Waals surface area contributed by atoms with Crippen LogP contribution in [0.2, 0.25) is 0 Å². The zero-order valence-electron chi connectivity index (χ0n) is 14.6. The summed E-state index contributed by atoms with van der Waals surface area (Å²) in [6.07, 6.45) is 12.5. The summed E-state index contributed by atoms with van der Waals surface area (Å²) in [5.41, 5.74) is 2.51. The van der Waals surface area contributed by atoms with Crippen LogP contribution in [-0.4, -0.2) is 24.3 Å². The van der Waals surface area contributed by atoms with Crippen LogP contribution in [0.1, 0.15) is 65.2 Å². The van der Waals surface area contributed by atoms with Gasteiger partial charge in [-0.15, -0.1) is 0 Å². The van der Waals surface area contributed by atoms with Crippen LogP contribution in [0.5, 0.6) is 0 Å². The van der Waals surface area contributed by atoms with Crippen molar-refractivity contribution in [3.63, 3.8) is 0 Å². The predicted octanol–water partition coefficient (Wildman–Crippen LogP) is 3.90. The minimum absolute atomic E-state index is 0.0788. The summed E-state index contributed by atoms with van der Waals surface area (Å²) in [6, 6.07) is 0.727. The molecule has 4 aliphatic rings. The minimum Gasteiger partial charge on any atom is -0.393 e. The summed E-state index contributed by atoms with van der Waals surface area (Å²) >= 11 is 0. The molecule has 4 unspecified atom stereocenters. The summed E-state index contributed by atoms with van der Waals surface area (Å²) in [6.45, 7) is 5.09. The van der Waals surface area contributed by atoms with Crippen LogP contribution >= 0.6 is 0 Å². The van der Waals surface area contributed by atoms with Gasteiger partial charge in [-0.2, -0.15) is 0 Å². The van der Waals surface area contributed by atoms with Crippen molar-refractivity contribution in [2.24, 2.45) is 28.6 Å². The zero-order chi connectivity index (χ0) is 15.5. The van der Waals surface area contributed by atoms with Gasteiger partial charge in [0.25, 0.3) is 0 Å². The first-order valence-electron chi connectivity index (χ1n) is 9.54. The summed E-state index contributed by atoms with van der Waals surface area (Å²) in [5, 5.41) is 13.7. The largest absolute Gasteiger partial charge is 0.393 e. The summed E-state index contributed by atoms with van der Waals surface area (Å²) in [5.74, 6) is 2.67. The third-order valence-electron chi connectivity index (χ3n) is 8.43. The minimum atomic E-state index is -0.0788. The van der Waals surface area contributed by atoms with Gasteiger partial charge < -0.3 is 10.4 Å². The SMILES string of the molecule is CN[C@H]1CCC2C3CC=C4CC(O)CC[C@]4(C)C3CC[C@@]21C. The molecule has 4 aliphatic carbocycles. The normalized spacial score (nSPS) is 54.2. The highest BCUT2D eigenvalue weighted by molar-refractivity contribution is 5.25. The van der Waals surface area contributed by atoms with Crippen molar-refractivity contribution in [3.8, 4) is 0 Å². The van der Waals surface area contributed by atoms with Crippen LogP contribution in [0.15, 0.2) is 11.6 Å². The second-order valence-electron chi connectivity index (χ2n) is 9.12. The van der Waals surface area contributed by atoms with Crippen molar-refractivity contribution >= 4 is 0 Å². The average molecular weight is 303 g/mol. The molecule has 3 fully saturated rings. The van der Waals surface area contributed by atoms with E-state index in [1.165, 1.54) is 38.5 Å². The molecule has 0 spiro atoms. The van der Waals surface area contributed by atoms with Crippen LogP contribution in [0.3, 0.4) is 0 Å². The number of fused-ring (bicyclic) bond motifs is 5. The maximum Gasteiger partial charge on any atom is 0.0577 e. The fraction of sp³-hybridized carbons (Fsp3) is 0.900. The molecule has 2 nitrogen and oxygen atoms in total. The first kappa shape index (κ1) is 15.2. The fourth-order valence-corrected chi connectivity index (χ4v) is 7.12. The Morgan fingerprint density at radius 3 is 2.68 bits per heavy atom. The van der Waals surface area contributed by atoms with E-state index in [4.69, 9.17) is 0 Å². The Bertz CT molecular complexity index is 486. The number of nitrogens with one attached hydrogen (secondary N) is 1. The molecular weight excluding hydrogens is 270 g/mol. The molecule has 0 bridgehead atoms. The Labute approximate surface area is 135 Å². The lowest BCUT2D eigenvalue weighted by Gasteiger charge is -2.58. The van der Waals surface area contributed by atoms with Gasteiger partial charge in [0.05, 0.1) is 6.10 Å². The van der Waals surface area contributed by atoms with E-state index >= 15 is 0 Å². The number of hydrogen-bond acceptors (Lipinski definition) is 2. The van der Waals surface area contributed by atoms with E-state index in [0.717, 1.165) is 36.6 Å². The lowest BCUT2D eigenvalue weighted by molar-refractivity contribution is -0.0427.